The number of amides is 1. The summed E-state index contributed by atoms with van der Waals surface area (Å²) in [6.45, 7) is 1.64. The van der Waals surface area contributed by atoms with E-state index in [1.54, 1.807) is 17.3 Å². The number of β-amino-alcohol motifs (C(OH)–C–C–N with tert-alkyl or cyclic N) is 1. The molecule has 8 nitrogen and oxygen atoms in total. The number of carbonyl (C=O) groups is 1. The number of aromatic amines is 1. The molecule has 1 aromatic carbocycles. The third-order valence-corrected chi connectivity index (χ3v) is 5.54. The van der Waals surface area contributed by atoms with E-state index >= 15 is 0 Å². The van der Waals surface area contributed by atoms with Gasteiger partial charge in [-0.25, -0.2) is 9.97 Å². The fourth-order valence-corrected chi connectivity index (χ4v) is 4.24. The Morgan fingerprint density at radius 3 is 2.66 bits per heavy atom. The van der Waals surface area contributed by atoms with E-state index in [9.17, 15) is 23.1 Å². The van der Waals surface area contributed by atoms with E-state index in [-0.39, 0.29) is 18.2 Å². The van der Waals surface area contributed by atoms with Gasteiger partial charge in [0, 0.05) is 31.6 Å². The largest absolute Gasteiger partial charge is 0.573 e. The average molecular weight is 445 g/mol. The standard InChI is InChI=1S/C21H18F3N5O3/c1-11(30)28-10-13(31)8-16(28)20-27-18(12-2-4-14(5-3-12)32-21(22,23)24)17-9-26-19-15(29(17)20)6-7-25-19/h2-7,9,13,16,25,31H,8,10H2,1H3. The average Bonchev–Trinajstić information content (AvgIpc) is 3.42. The van der Waals surface area contributed by atoms with Crippen LogP contribution in [0, 0.1) is 0 Å². The summed E-state index contributed by atoms with van der Waals surface area (Å²) < 4.78 is 43.3. The summed E-state index contributed by atoms with van der Waals surface area (Å²) in [5, 5.41) is 10.2. The van der Waals surface area contributed by atoms with Crippen LogP contribution < -0.4 is 4.74 Å². The Bertz CT molecular complexity index is 1310. The monoisotopic (exact) mass is 445 g/mol. The lowest BCUT2D eigenvalue weighted by molar-refractivity contribution is -0.274. The maximum Gasteiger partial charge on any atom is 0.573 e. The minimum Gasteiger partial charge on any atom is -0.406 e. The number of hydrogen-bond donors (Lipinski definition) is 2. The summed E-state index contributed by atoms with van der Waals surface area (Å²) in [7, 11) is 0. The summed E-state index contributed by atoms with van der Waals surface area (Å²) >= 11 is 0. The number of fused-ring (bicyclic) bond motifs is 3. The first-order valence-corrected chi connectivity index (χ1v) is 9.87. The molecule has 32 heavy (non-hydrogen) atoms. The second-order valence-electron chi connectivity index (χ2n) is 7.66. The predicted octanol–water partition coefficient (Wildman–Crippen LogP) is 3.43. The first kappa shape index (κ1) is 20.3. The first-order chi connectivity index (χ1) is 15.2. The van der Waals surface area contributed by atoms with Gasteiger partial charge in [-0.05, 0) is 30.3 Å². The van der Waals surface area contributed by atoms with Crippen molar-refractivity contribution in [2.75, 3.05) is 6.54 Å². The molecule has 166 valence electrons. The molecule has 0 radical (unpaired) electrons. The molecular formula is C21H18F3N5O3. The molecule has 0 aliphatic carbocycles. The molecule has 1 saturated heterocycles. The van der Waals surface area contributed by atoms with E-state index in [1.807, 2.05) is 10.5 Å². The predicted molar refractivity (Wildman–Crippen MR) is 108 cm³/mol. The van der Waals surface area contributed by atoms with E-state index in [4.69, 9.17) is 4.98 Å². The second kappa shape index (κ2) is 7.23. The van der Waals surface area contributed by atoms with Crippen molar-refractivity contribution >= 4 is 22.6 Å². The van der Waals surface area contributed by atoms with Crippen LogP contribution in [0.25, 0.3) is 27.9 Å². The first-order valence-electron chi connectivity index (χ1n) is 9.87. The maximum atomic E-state index is 12.5. The molecule has 2 atom stereocenters. The van der Waals surface area contributed by atoms with Crippen LogP contribution in [0.3, 0.4) is 0 Å². The highest BCUT2D eigenvalue weighted by Gasteiger charge is 2.37. The molecule has 0 bridgehead atoms. The third kappa shape index (κ3) is 3.44. The normalized spacial score (nSPS) is 19.2. The molecule has 4 aromatic rings. The SMILES string of the molecule is CC(=O)N1CC(O)CC1c1nc(-c2ccc(OC(F)(F)F)cc2)c2cnc3[nH]ccc3n12. The number of benzene rings is 1. The molecule has 5 rings (SSSR count). The van der Waals surface area contributed by atoms with Crippen molar-refractivity contribution in [3.8, 4) is 17.0 Å². The summed E-state index contributed by atoms with van der Waals surface area (Å²) in [5.41, 5.74) is 3.04. The molecule has 0 saturated carbocycles. The van der Waals surface area contributed by atoms with Gasteiger partial charge in [0.1, 0.15) is 11.6 Å². The fourth-order valence-electron chi connectivity index (χ4n) is 4.24. The minimum atomic E-state index is -4.78. The molecule has 0 spiro atoms. The van der Waals surface area contributed by atoms with Gasteiger partial charge in [0.25, 0.3) is 0 Å². The molecule has 1 amide bonds. The van der Waals surface area contributed by atoms with Crippen molar-refractivity contribution < 1.29 is 27.8 Å². The van der Waals surface area contributed by atoms with E-state index in [0.717, 1.165) is 5.52 Å². The molecule has 2 N–H and O–H groups in total. The van der Waals surface area contributed by atoms with Crippen molar-refractivity contribution in [3.63, 3.8) is 0 Å². The topological polar surface area (TPSA) is 95.8 Å². The number of nitrogens with one attached hydrogen (secondary N) is 1. The Kier molecular flexibility index (Phi) is 4.59. The van der Waals surface area contributed by atoms with E-state index in [1.165, 1.54) is 31.2 Å². The number of carbonyl (C=O) groups excluding carboxylic acids is 1. The fraction of sp³-hybridized carbons (Fsp3) is 0.286. The number of rotatable bonds is 3. The Hall–Kier alpha value is -3.60. The van der Waals surface area contributed by atoms with Gasteiger partial charge in [-0.2, -0.15) is 0 Å². The maximum absolute atomic E-state index is 12.5. The molecule has 11 heteroatoms. The van der Waals surface area contributed by atoms with Crippen molar-refractivity contribution in [1.82, 2.24) is 24.3 Å². The van der Waals surface area contributed by atoms with Crippen molar-refractivity contribution in [2.24, 2.45) is 0 Å². The number of halogens is 3. The van der Waals surface area contributed by atoms with Crippen LogP contribution in [0.4, 0.5) is 13.2 Å². The lowest BCUT2D eigenvalue weighted by Gasteiger charge is -2.22. The zero-order chi connectivity index (χ0) is 22.6. The highest BCUT2D eigenvalue weighted by atomic mass is 19.4. The van der Waals surface area contributed by atoms with Gasteiger partial charge in [-0.15, -0.1) is 13.2 Å². The van der Waals surface area contributed by atoms with Crippen LogP contribution >= 0.6 is 0 Å². The molecule has 1 aliphatic rings. The quantitative estimate of drug-likeness (QED) is 0.504. The van der Waals surface area contributed by atoms with Crippen LogP contribution in [-0.4, -0.2) is 54.3 Å². The third-order valence-electron chi connectivity index (χ3n) is 5.54. The van der Waals surface area contributed by atoms with Gasteiger partial charge in [0.2, 0.25) is 5.91 Å². The van der Waals surface area contributed by atoms with Crippen LogP contribution in [0.1, 0.15) is 25.2 Å². The molecular weight excluding hydrogens is 427 g/mol. The van der Waals surface area contributed by atoms with Gasteiger partial charge >= 0.3 is 6.36 Å². The summed E-state index contributed by atoms with van der Waals surface area (Å²) in [5.74, 6) is 0.0278. The molecule has 3 aromatic heterocycles. The Morgan fingerprint density at radius 1 is 1.22 bits per heavy atom. The number of aliphatic hydroxyl groups is 1. The highest BCUT2D eigenvalue weighted by Crippen LogP contribution is 2.37. The Labute approximate surface area is 179 Å². The highest BCUT2D eigenvalue weighted by molar-refractivity contribution is 5.84. The van der Waals surface area contributed by atoms with Gasteiger partial charge in [0.05, 0.1) is 35.1 Å². The summed E-state index contributed by atoms with van der Waals surface area (Å²) in [6.07, 6.45) is -1.78. The van der Waals surface area contributed by atoms with Crippen LogP contribution in [0.5, 0.6) is 5.75 Å². The number of alkyl halides is 3. The number of aromatic nitrogens is 4. The van der Waals surface area contributed by atoms with Crippen LogP contribution in [0.15, 0.2) is 42.7 Å². The Morgan fingerprint density at radius 2 is 1.97 bits per heavy atom. The van der Waals surface area contributed by atoms with Gasteiger partial charge in [-0.1, -0.05) is 0 Å². The number of H-pyrrole nitrogens is 1. The zero-order valence-corrected chi connectivity index (χ0v) is 16.8. The van der Waals surface area contributed by atoms with Gasteiger partial charge < -0.3 is 19.7 Å². The van der Waals surface area contributed by atoms with Crippen LogP contribution in [0.2, 0.25) is 0 Å². The molecule has 4 heterocycles. The number of hydrogen-bond acceptors (Lipinski definition) is 5. The lowest BCUT2D eigenvalue weighted by atomic mass is 10.1. The van der Waals surface area contributed by atoms with Crippen molar-refractivity contribution in [2.45, 2.75) is 31.9 Å². The van der Waals surface area contributed by atoms with E-state index in [2.05, 4.69) is 14.7 Å². The van der Waals surface area contributed by atoms with Gasteiger partial charge in [-0.3, -0.25) is 9.20 Å². The molecule has 1 fully saturated rings. The number of imidazole rings is 1. The molecule has 1 aliphatic heterocycles. The second-order valence-corrected chi connectivity index (χ2v) is 7.66. The number of nitrogens with zero attached hydrogens (tertiary/aromatic N) is 4. The Balaban J connectivity index is 1.67. The zero-order valence-electron chi connectivity index (χ0n) is 16.8. The van der Waals surface area contributed by atoms with E-state index < -0.39 is 18.5 Å². The molecule has 2 unspecified atom stereocenters. The van der Waals surface area contributed by atoms with Crippen molar-refractivity contribution in [3.05, 3.63) is 48.5 Å². The summed E-state index contributed by atoms with van der Waals surface area (Å²) in [6, 6.07) is 6.78. The van der Waals surface area contributed by atoms with Crippen LogP contribution in [-0.2, 0) is 4.79 Å². The number of aliphatic hydroxyl groups excluding tert-OH is 1. The van der Waals surface area contributed by atoms with Crippen molar-refractivity contribution in [1.29, 1.82) is 0 Å². The smallest absolute Gasteiger partial charge is 0.406 e. The van der Waals surface area contributed by atoms with E-state index in [0.29, 0.717) is 34.7 Å². The van der Waals surface area contributed by atoms with Gasteiger partial charge in [0.15, 0.2) is 5.65 Å². The minimum absolute atomic E-state index is 0.183. The lowest BCUT2D eigenvalue weighted by Crippen LogP contribution is -2.30. The number of ether oxygens (including phenoxy) is 1. The number of likely N-dealkylation sites (tertiary alicyclic amines) is 1. The summed E-state index contributed by atoms with van der Waals surface area (Å²) in [4.78, 5) is 26.0.